The lowest BCUT2D eigenvalue weighted by atomic mass is 10.0. The Morgan fingerprint density at radius 1 is 1.35 bits per heavy atom. The third kappa shape index (κ3) is 6.81. The minimum absolute atomic E-state index is 0.0342. The summed E-state index contributed by atoms with van der Waals surface area (Å²) in [6.45, 7) is 3.21. The smallest absolute Gasteiger partial charge is 0.219 e. The maximum Gasteiger partial charge on any atom is 0.219 e. The zero-order valence-corrected chi connectivity index (χ0v) is 13.9. The van der Waals surface area contributed by atoms with E-state index in [2.05, 4.69) is 29.1 Å². The summed E-state index contributed by atoms with van der Waals surface area (Å²) >= 11 is 0. The molecule has 0 saturated carbocycles. The van der Waals surface area contributed by atoms with E-state index in [0.29, 0.717) is 5.69 Å². The molecule has 0 aromatic carbocycles. The monoisotopic (exact) mass is 318 g/mol. The molecule has 1 rings (SSSR count). The first kappa shape index (κ1) is 19.1. The van der Waals surface area contributed by atoms with Crippen LogP contribution in [0.2, 0.25) is 0 Å². The second-order valence-electron chi connectivity index (χ2n) is 5.54. The molecule has 3 N–H and O–H groups in total. The summed E-state index contributed by atoms with van der Waals surface area (Å²) in [5.74, 6) is 5.67. The highest BCUT2D eigenvalue weighted by atomic mass is 16.3. The standard InChI is InChI=1S/C18H26N2O3/c1-3-4-5-6-7-8-10-16-11-9-12-17(19-16)18(23,13-14-21)20-15(2)22/h9,11-12,21,23H,3-7,13-14H2,1-2H3,(H,20,22). The number of carbonyl (C=O) groups excluding carboxylic acids is 1. The van der Waals surface area contributed by atoms with Crippen LogP contribution in [0, 0.1) is 11.8 Å². The summed E-state index contributed by atoms with van der Waals surface area (Å²) < 4.78 is 0. The van der Waals surface area contributed by atoms with Gasteiger partial charge in [-0.1, -0.05) is 38.2 Å². The molecule has 5 heteroatoms. The SMILES string of the molecule is CCCCCCC#Cc1cccc(C(O)(CCO)NC(C)=O)n1. The summed E-state index contributed by atoms with van der Waals surface area (Å²) in [4.78, 5) is 15.6. The number of amides is 1. The van der Waals surface area contributed by atoms with Gasteiger partial charge in [-0.15, -0.1) is 0 Å². The molecule has 1 heterocycles. The van der Waals surface area contributed by atoms with Crippen LogP contribution in [0.1, 0.15) is 63.8 Å². The molecule has 0 saturated heterocycles. The van der Waals surface area contributed by atoms with Gasteiger partial charge in [0.2, 0.25) is 5.91 Å². The maximum atomic E-state index is 11.3. The van der Waals surface area contributed by atoms with Crippen LogP contribution in [-0.4, -0.2) is 27.7 Å². The van der Waals surface area contributed by atoms with Gasteiger partial charge in [0.1, 0.15) is 5.69 Å². The highest BCUT2D eigenvalue weighted by molar-refractivity contribution is 5.73. The average molecular weight is 318 g/mol. The molecule has 1 aromatic rings. The fourth-order valence-electron chi connectivity index (χ4n) is 2.24. The number of hydrogen-bond donors (Lipinski definition) is 3. The van der Waals surface area contributed by atoms with Crippen molar-refractivity contribution in [2.45, 2.75) is 58.1 Å². The largest absolute Gasteiger partial charge is 0.396 e. The third-order valence-electron chi connectivity index (χ3n) is 3.40. The number of unbranched alkanes of at least 4 members (excludes halogenated alkanes) is 4. The van der Waals surface area contributed by atoms with E-state index in [-0.39, 0.29) is 18.7 Å². The van der Waals surface area contributed by atoms with Crippen LogP contribution in [0.4, 0.5) is 0 Å². The molecular weight excluding hydrogens is 292 g/mol. The molecule has 0 aliphatic rings. The normalized spacial score (nSPS) is 12.9. The second kappa shape index (κ2) is 9.98. The molecule has 1 atom stereocenters. The van der Waals surface area contributed by atoms with E-state index in [4.69, 9.17) is 5.11 Å². The predicted molar refractivity (Wildman–Crippen MR) is 89.3 cm³/mol. The van der Waals surface area contributed by atoms with Gasteiger partial charge in [0.25, 0.3) is 0 Å². The molecule has 0 bridgehead atoms. The zero-order valence-electron chi connectivity index (χ0n) is 13.9. The highest BCUT2D eigenvalue weighted by Gasteiger charge is 2.31. The van der Waals surface area contributed by atoms with Gasteiger partial charge in [-0.25, -0.2) is 4.98 Å². The highest BCUT2D eigenvalue weighted by Crippen LogP contribution is 2.20. The lowest BCUT2D eigenvalue weighted by Gasteiger charge is -2.27. The van der Waals surface area contributed by atoms with Crippen LogP contribution in [0.3, 0.4) is 0 Å². The summed E-state index contributed by atoms with van der Waals surface area (Å²) in [5, 5.41) is 22.1. The molecule has 0 aliphatic carbocycles. The lowest BCUT2D eigenvalue weighted by Crippen LogP contribution is -2.46. The average Bonchev–Trinajstić information content (AvgIpc) is 2.50. The van der Waals surface area contributed by atoms with E-state index in [0.717, 1.165) is 12.8 Å². The van der Waals surface area contributed by atoms with Crippen molar-refractivity contribution in [3.8, 4) is 11.8 Å². The fourth-order valence-corrected chi connectivity index (χ4v) is 2.24. The summed E-state index contributed by atoms with van der Waals surface area (Å²) in [7, 11) is 0. The molecule has 0 spiro atoms. The number of aliphatic hydroxyl groups is 2. The van der Waals surface area contributed by atoms with Gasteiger partial charge >= 0.3 is 0 Å². The molecular formula is C18H26N2O3. The Morgan fingerprint density at radius 2 is 2.13 bits per heavy atom. The van der Waals surface area contributed by atoms with E-state index in [1.807, 2.05) is 0 Å². The van der Waals surface area contributed by atoms with Crippen molar-refractivity contribution in [2.24, 2.45) is 0 Å². The molecule has 5 nitrogen and oxygen atoms in total. The first-order chi connectivity index (χ1) is 11.0. The molecule has 126 valence electrons. The molecule has 0 aliphatic heterocycles. The Hall–Kier alpha value is -1.90. The van der Waals surface area contributed by atoms with E-state index < -0.39 is 11.6 Å². The Balaban J connectivity index is 2.81. The number of aromatic nitrogens is 1. The van der Waals surface area contributed by atoms with Crippen LogP contribution in [-0.2, 0) is 10.5 Å². The third-order valence-corrected chi connectivity index (χ3v) is 3.40. The first-order valence-electron chi connectivity index (χ1n) is 8.10. The topological polar surface area (TPSA) is 82.5 Å². The minimum Gasteiger partial charge on any atom is -0.396 e. The molecule has 1 amide bonds. The first-order valence-corrected chi connectivity index (χ1v) is 8.10. The molecule has 0 radical (unpaired) electrons. The Labute approximate surface area is 138 Å². The van der Waals surface area contributed by atoms with E-state index in [1.165, 1.54) is 26.2 Å². The van der Waals surface area contributed by atoms with Gasteiger partial charge in [-0.05, 0) is 24.5 Å². The van der Waals surface area contributed by atoms with Gasteiger partial charge in [0.15, 0.2) is 5.72 Å². The summed E-state index contributed by atoms with van der Waals surface area (Å²) in [6.07, 6.45) is 5.45. The van der Waals surface area contributed by atoms with Crippen LogP contribution < -0.4 is 5.32 Å². The van der Waals surface area contributed by atoms with Crippen molar-refractivity contribution < 1.29 is 15.0 Å². The predicted octanol–water partition coefficient (Wildman–Crippen LogP) is 2.07. The Bertz CT molecular complexity index is 563. The number of nitrogens with zero attached hydrogens (tertiary/aromatic N) is 1. The fraction of sp³-hybridized carbons (Fsp3) is 0.556. The maximum absolute atomic E-state index is 11.3. The van der Waals surface area contributed by atoms with Crippen LogP contribution in [0.15, 0.2) is 18.2 Å². The number of nitrogens with one attached hydrogen (secondary N) is 1. The molecule has 0 fully saturated rings. The minimum atomic E-state index is -1.68. The van der Waals surface area contributed by atoms with Gasteiger partial charge < -0.3 is 15.5 Å². The number of aliphatic hydroxyl groups excluding tert-OH is 1. The van der Waals surface area contributed by atoms with E-state index in [9.17, 15) is 9.90 Å². The van der Waals surface area contributed by atoms with Gasteiger partial charge in [0.05, 0.1) is 5.69 Å². The van der Waals surface area contributed by atoms with Crippen molar-refractivity contribution in [3.63, 3.8) is 0 Å². The van der Waals surface area contributed by atoms with Crippen LogP contribution in [0.25, 0.3) is 0 Å². The van der Waals surface area contributed by atoms with Crippen LogP contribution >= 0.6 is 0 Å². The second-order valence-corrected chi connectivity index (χ2v) is 5.54. The van der Waals surface area contributed by atoms with Crippen molar-refractivity contribution in [3.05, 3.63) is 29.6 Å². The summed E-state index contributed by atoms with van der Waals surface area (Å²) in [6, 6.07) is 5.10. The summed E-state index contributed by atoms with van der Waals surface area (Å²) in [5.41, 5.74) is -0.862. The van der Waals surface area contributed by atoms with Crippen molar-refractivity contribution in [1.29, 1.82) is 0 Å². The van der Waals surface area contributed by atoms with E-state index >= 15 is 0 Å². The van der Waals surface area contributed by atoms with E-state index in [1.54, 1.807) is 18.2 Å². The number of carbonyl (C=O) groups is 1. The van der Waals surface area contributed by atoms with Crippen molar-refractivity contribution >= 4 is 5.91 Å². The number of hydrogen-bond acceptors (Lipinski definition) is 4. The van der Waals surface area contributed by atoms with Crippen molar-refractivity contribution in [2.75, 3.05) is 6.61 Å². The van der Waals surface area contributed by atoms with Crippen molar-refractivity contribution in [1.82, 2.24) is 10.3 Å². The number of rotatable bonds is 8. The lowest BCUT2D eigenvalue weighted by molar-refractivity contribution is -0.128. The Morgan fingerprint density at radius 3 is 2.78 bits per heavy atom. The van der Waals surface area contributed by atoms with Crippen LogP contribution in [0.5, 0.6) is 0 Å². The molecule has 23 heavy (non-hydrogen) atoms. The van der Waals surface area contributed by atoms with Gasteiger partial charge in [-0.3, -0.25) is 4.79 Å². The molecule has 1 aromatic heterocycles. The van der Waals surface area contributed by atoms with Gasteiger partial charge in [0, 0.05) is 26.4 Å². The quantitative estimate of drug-likeness (QED) is 0.389. The number of pyridine rings is 1. The Kier molecular flexibility index (Phi) is 8.31. The van der Waals surface area contributed by atoms with Gasteiger partial charge in [-0.2, -0.15) is 0 Å². The zero-order chi connectivity index (χ0) is 17.1. The molecule has 1 unspecified atom stereocenters.